The Morgan fingerprint density at radius 1 is 1.45 bits per heavy atom. The summed E-state index contributed by atoms with van der Waals surface area (Å²) in [4.78, 5) is 11.4. The summed E-state index contributed by atoms with van der Waals surface area (Å²) in [5.74, 6) is -0.881. The smallest absolute Gasteiger partial charge is 0.378 e. The lowest BCUT2D eigenvalue weighted by molar-refractivity contribution is -0.137. The first-order chi connectivity index (χ1) is 9.21. The Balaban J connectivity index is 2.35. The lowest BCUT2D eigenvalue weighted by Gasteiger charge is -2.27. The van der Waals surface area contributed by atoms with Crippen molar-refractivity contribution in [3.8, 4) is 0 Å². The number of nitrogens with two attached hydrogens (primary N) is 1. The van der Waals surface area contributed by atoms with Gasteiger partial charge in [0, 0.05) is 17.8 Å². The van der Waals surface area contributed by atoms with Crippen LogP contribution in [0.1, 0.15) is 29.3 Å². The van der Waals surface area contributed by atoms with E-state index >= 15 is 0 Å². The molecule has 1 heterocycles. The highest BCUT2D eigenvalue weighted by Gasteiger charge is 2.33. The van der Waals surface area contributed by atoms with Gasteiger partial charge in [-0.3, -0.25) is 4.79 Å². The van der Waals surface area contributed by atoms with Crippen LogP contribution in [0.5, 0.6) is 0 Å². The highest BCUT2D eigenvalue weighted by atomic mass is 19.4. The second-order valence-corrected chi connectivity index (χ2v) is 5.23. The topological polar surface area (TPSA) is 67.1 Å². The number of primary amides is 1. The number of anilines is 1. The van der Waals surface area contributed by atoms with Gasteiger partial charge in [-0.1, -0.05) is 0 Å². The lowest BCUT2D eigenvalue weighted by atomic mass is 9.99. The van der Waals surface area contributed by atoms with Gasteiger partial charge >= 0.3 is 6.18 Å². The van der Waals surface area contributed by atoms with Crippen molar-refractivity contribution in [3.63, 3.8) is 0 Å². The lowest BCUT2D eigenvalue weighted by Crippen LogP contribution is -2.37. The Bertz CT molecular complexity index is 522. The standard InChI is InChI=1S/C13H16F3N3O/c1-12(4-5-18-7-12)19-10-3-2-8(13(14,15)16)6-9(10)11(17)20/h2-3,6,18-19H,4-5,7H2,1H3,(H2,17,20). The maximum atomic E-state index is 12.7. The SMILES string of the molecule is CC1(Nc2ccc(C(F)(F)F)cc2C(N)=O)CCNC1. The van der Waals surface area contributed by atoms with Crippen LogP contribution < -0.4 is 16.4 Å². The number of amides is 1. The maximum Gasteiger partial charge on any atom is 0.416 e. The molecule has 20 heavy (non-hydrogen) atoms. The molecule has 0 saturated carbocycles. The second-order valence-electron chi connectivity index (χ2n) is 5.23. The molecule has 110 valence electrons. The van der Waals surface area contributed by atoms with Gasteiger partial charge in [-0.05, 0) is 38.1 Å². The number of benzene rings is 1. The molecule has 1 saturated heterocycles. The first-order valence-electron chi connectivity index (χ1n) is 6.21. The van der Waals surface area contributed by atoms with Gasteiger partial charge in [0.15, 0.2) is 0 Å². The normalized spacial score (nSPS) is 22.8. The summed E-state index contributed by atoms with van der Waals surface area (Å²) in [7, 11) is 0. The molecule has 4 nitrogen and oxygen atoms in total. The molecule has 1 aromatic rings. The van der Waals surface area contributed by atoms with E-state index in [4.69, 9.17) is 5.73 Å². The number of hydrogen-bond acceptors (Lipinski definition) is 3. The molecule has 0 bridgehead atoms. The van der Waals surface area contributed by atoms with Crippen molar-refractivity contribution in [2.45, 2.75) is 25.1 Å². The van der Waals surface area contributed by atoms with Crippen molar-refractivity contribution in [1.82, 2.24) is 5.32 Å². The van der Waals surface area contributed by atoms with E-state index in [1.165, 1.54) is 6.07 Å². The number of halogens is 3. The minimum Gasteiger partial charge on any atom is -0.378 e. The van der Waals surface area contributed by atoms with Crippen molar-refractivity contribution in [2.75, 3.05) is 18.4 Å². The van der Waals surface area contributed by atoms with Crippen LogP contribution in [0.3, 0.4) is 0 Å². The summed E-state index contributed by atoms with van der Waals surface area (Å²) < 4.78 is 38.0. The predicted molar refractivity (Wildman–Crippen MR) is 69.5 cm³/mol. The Morgan fingerprint density at radius 3 is 2.65 bits per heavy atom. The molecular weight excluding hydrogens is 271 g/mol. The summed E-state index contributed by atoms with van der Waals surface area (Å²) in [6.07, 6.45) is -3.69. The molecule has 1 atom stereocenters. The van der Waals surface area contributed by atoms with Crippen LogP contribution in [-0.2, 0) is 6.18 Å². The molecular formula is C13H16F3N3O. The summed E-state index contributed by atoms with van der Waals surface area (Å²) >= 11 is 0. The predicted octanol–water partition coefficient (Wildman–Crippen LogP) is 1.97. The molecule has 1 fully saturated rings. The fourth-order valence-electron chi connectivity index (χ4n) is 2.28. The Hall–Kier alpha value is -1.76. The first kappa shape index (κ1) is 14.6. The van der Waals surface area contributed by atoms with Crippen molar-refractivity contribution in [3.05, 3.63) is 29.3 Å². The van der Waals surface area contributed by atoms with Gasteiger partial charge in [-0.15, -0.1) is 0 Å². The molecule has 1 aromatic carbocycles. The van der Waals surface area contributed by atoms with E-state index in [1.54, 1.807) is 0 Å². The van der Waals surface area contributed by atoms with Crippen LogP contribution in [0.4, 0.5) is 18.9 Å². The first-order valence-corrected chi connectivity index (χ1v) is 6.21. The molecule has 0 aliphatic carbocycles. The van der Waals surface area contributed by atoms with Crippen LogP contribution >= 0.6 is 0 Å². The highest BCUT2D eigenvalue weighted by molar-refractivity contribution is 5.98. The monoisotopic (exact) mass is 287 g/mol. The number of alkyl halides is 3. The van der Waals surface area contributed by atoms with Gasteiger partial charge in [-0.2, -0.15) is 13.2 Å². The second kappa shape index (κ2) is 4.97. The van der Waals surface area contributed by atoms with E-state index in [0.717, 1.165) is 25.1 Å². The molecule has 2 rings (SSSR count). The third-order valence-corrected chi connectivity index (χ3v) is 3.42. The van der Waals surface area contributed by atoms with Crippen LogP contribution in [0.2, 0.25) is 0 Å². The third-order valence-electron chi connectivity index (χ3n) is 3.42. The van der Waals surface area contributed by atoms with E-state index in [-0.39, 0.29) is 11.1 Å². The molecule has 1 unspecified atom stereocenters. The molecule has 0 spiro atoms. The van der Waals surface area contributed by atoms with Crippen LogP contribution in [0, 0.1) is 0 Å². The van der Waals surface area contributed by atoms with Gasteiger partial charge in [0.1, 0.15) is 0 Å². The zero-order valence-electron chi connectivity index (χ0n) is 11.0. The zero-order valence-corrected chi connectivity index (χ0v) is 11.0. The maximum absolute atomic E-state index is 12.7. The van der Waals surface area contributed by atoms with Crippen LogP contribution in [0.15, 0.2) is 18.2 Å². The van der Waals surface area contributed by atoms with E-state index in [0.29, 0.717) is 12.2 Å². The van der Waals surface area contributed by atoms with Crippen molar-refractivity contribution in [1.29, 1.82) is 0 Å². The Morgan fingerprint density at radius 2 is 2.15 bits per heavy atom. The molecule has 4 N–H and O–H groups in total. The summed E-state index contributed by atoms with van der Waals surface area (Å²) in [5, 5.41) is 6.27. The van der Waals surface area contributed by atoms with Gasteiger partial charge in [-0.25, -0.2) is 0 Å². The summed E-state index contributed by atoms with van der Waals surface area (Å²) in [6.45, 7) is 3.43. The van der Waals surface area contributed by atoms with Crippen molar-refractivity contribution in [2.24, 2.45) is 5.73 Å². The molecule has 1 aliphatic rings. The minimum absolute atomic E-state index is 0.145. The molecule has 0 radical (unpaired) electrons. The quantitative estimate of drug-likeness (QED) is 0.796. The van der Waals surface area contributed by atoms with Gasteiger partial charge in [0.25, 0.3) is 5.91 Å². The fourth-order valence-corrected chi connectivity index (χ4v) is 2.28. The van der Waals surface area contributed by atoms with E-state index < -0.39 is 17.6 Å². The van der Waals surface area contributed by atoms with Crippen LogP contribution in [0.25, 0.3) is 0 Å². The average molecular weight is 287 g/mol. The number of carbonyl (C=O) groups is 1. The Labute approximate surface area is 114 Å². The summed E-state index contributed by atoms with van der Waals surface area (Å²) in [5.41, 5.74) is 4.18. The number of rotatable bonds is 3. The molecule has 1 aliphatic heterocycles. The molecule has 7 heteroatoms. The van der Waals surface area contributed by atoms with Gasteiger partial charge in [0.2, 0.25) is 0 Å². The average Bonchev–Trinajstić information content (AvgIpc) is 2.74. The zero-order chi connectivity index (χ0) is 15.0. The van der Waals surface area contributed by atoms with Crippen molar-refractivity contribution < 1.29 is 18.0 Å². The number of hydrogen-bond donors (Lipinski definition) is 3. The summed E-state index contributed by atoms with van der Waals surface area (Å²) in [6, 6.07) is 2.99. The van der Waals surface area contributed by atoms with E-state index in [9.17, 15) is 18.0 Å². The minimum atomic E-state index is -4.50. The molecule has 0 aromatic heterocycles. The Kier molecular flexibility index (Phi) is 3.64. The number of nitrogens with one attached hydrogen (secondary N) is 2. The largest absolute Gasteiger partial charge is 0.416 e. The van der Waals surface area contributed by atoms with E-state index in [1.807, 2.05) is 6.92 Å². The van der Waals surface area contributed by atoms with E-state index in [2.05, 4.69) is 10.6 Å². The van der Waals surface area contributed by atoms with Gasteiger partial charge in [0.05, 0.1) is 11.1 Å². The van der Waals surface area contributed by atoms with Crippen LogP contribution in [-0.4, -0.2) is 24.5 Å². The van der Waals surface area contributed by atoms with Gasteiger partial charge < -0.3 is 16.4 Å². The number of carbonyl (C=O) groups excluding carboxylic acids is 1. The highest BCUT2D eigenvalue weighted by Crippen LogP contribution is 2.33. The third kappa shape index (κ3) is 3.04. The fraction of sp³-hybridized carbons (Fsp3) is 0.462. The molecule has 1 amide bonds. The van der Waals surface area contributed by atoms with Crippen molar-refractivity contribution >= 4 is 11.6 Å².